The van der Waals surface area contributed by atoms with Crippen molar-refractivity contribution in [1.82, 2.24) is 5.32 Å². The molecule has 0 aliphatic heterocycles. The predicted molar refractivity (Wildman–Crippen MR) is 109 cm³/mol. The van der Waals surface area contributed by atoms with Gasteiger partial charge < -0.3 is 29.1 Å². The van der Waals surface area contributed by atoms with Gasteiger partial charge in [-0.25, -0.2) is 0 Å². The number of ether oxygens (including phenoxy) is 3. The van der Waals surface area contributed by atoms with Gasteiger partial charge >= 0.3 is 5.97 Å². The number of carbonyl (C=O) groups is 2. The van der Waals surface area contributed by atoms with Gasteiger partial charge in [0.15, 0.2) is 17.6 Å². The molecule has 8 nitrogen and oxygen atoms in total. The predicted octanol–water partition coefficient (Wildman–Crippen LogP) is 2.95. The standard InChI is InChI=1S/C22H23NO7/c1-13(22(26)23-11-14-4-7-18(27-2)20(8-14)28-3)30-21(25)9-15-12-29-19-10-16(24)5-6-17(15)19/h4-8,10,12-13,24H,9,11H2,1-3H3,(H,23,26)/t13-/m1/s1. The molecular weight excluding hydrogens is 390 g/mol. The number of phenols is 1. The van der Waals surface area contributed by atoms with Gasteiger partial charge in [-0.3, -0.25) is 9.59 Å². The molecule has 1 aromatic heterocycles. The van der Waals surface area contributed by atoms with Crippen LogP contribution in [0.1, 0.15) is 18.1 Å². The Kier molecular flexibility index (Phi) is 6.46. The molecule has 0 saturated carbocycles. The van der Waals surface area contributed by atoms with Crippen molar-refractivity contribution in [3.05, 3.63) is 53.8 Å². The molecule has 3 aromatic rings. The molecule has 1 atom stereocenters. The number of carbonyl (C=O) groups excluding carboxylic acids is 2. The number of phenolic OH excluding ortho intramolecular Hbond substituents is 1. The summed E-state index contributed by atoms with van der Waals surface area (Å²) in [5.41, 5.74) is 1.90. The van der Waals surface area contributed by atoms with Crippen LogP contribution < -0.4 is 14.8 Å². The zero-order chi connectivity index (χ0) is 21.7. The maximum atomic E-state index is 12.3. The Balaban J connectivity index is 1.54. The van der Waals surface area contributed by atoms with E-state index in [-0.39, 0.29) is 18.7 Å². The van der Waals surface area contributed by atoms with E-state index < -0.39 is 18.0 Å². The Morgan fingerprint density at radius 3 is 2.60 bits per heavy atom. The van der Waals surface area contributed by atoms with Gasteiger partial charge in [0.1, 0.15) is 11.3 Å². The van der Waals surface area contributed by atoms with Crippen LogP contribution in [0.3, 0.4) is 0 Å². The summed E-state index contributed by atoms with van der Waals surface area (Å²) in [6.07, 6.45) is 0.429. The van der Waals surface area contributed by atoms with Crippen molar-refractivity contribution in [3.63, 3.8) is 0 Å². The van der Waals surface area contributed by atoms with Gasteiger partial charge in [-0.15, -0.1) is 0 Å². The van der Waals surface area contributed by atoms with Crippen molar-refractivity contribution >= 4 is 22.8 Å². The molecule has 0 saturated heterocycles. The van der Waals surface area contributed by atoms with Crippen molar-refractivity contribution in [1.29, 1.82) is 0 Å². The number of amides is 1. The zero-order valence-electron chi connectivity index (χ0n) is 16.9. The van der Waals surface area contributed by atoms with E-state index in [4.69, 9.17) is 18.6 Å². The molecular formula is C22H23NO7. The number of furan rings is 1. The number of hydrogen-bond donors (Lipinski definition) is 2. The van der Waals surface area contributed by atoms with Crippen molar-refractivity contribution in [2.75, 3.05) is 14.2 Å². The minimum absolute atomic E-state index is 0.0505. The fraction of sp³-hybridized carbons (Fsp3) is 0.273. The second kappa shape index (κ2) is 9.21. The van der Waals surface area contributed by atoms with E-state index in [0.29, 0.717) is 28.0 Å². The van der Waals surface area contributed by atoms with Crippen LogP contribution >= 0.6 is 0 Å². The maximum Gasteiger partial charge on any atom is 0.311 e. The first kappa shape index (κ1) is 21.0. The molecule has 2 N–H and O–H groups in total. The molecule has 0 aliphatic rings. The van der Waals surface area contributed by atoms with Gasteiger partial charge in [0.25, 0.3) is 5.91 Å². The summed E-state index contributed by atoms with van der Waals surface area (Å²) in [5.74, 6) is 0.256. The summed E-state index contributed by atoms with van der Waals surface area (Å²) >= 11 is 0. The van der Waals surface area contributed by atoms with Gasteiger partial charge in [-0.2, -0.15) is 0 Å². The SMILES string of the molecule is COc1ccc(CNC(=O)[C@@H](C)OC(=O)Cc2coc3cc(O)ccc23)cc1OC. The lowest BCUT2D eigenvalue weighted by Crippen LogP contribution is -2.35. The number of fused-ring (bicyclic) bond motifs is 1. The summed E-state index contributed by atoms with van der Waals surface area (Å²) in [6, 6.07) is 9.96. The number of aromatic hydroxyl groups is 1. The second-order valence-electron chi connectivity index (χ2n) is 6.66. The van der Waals surface area contributed by atoms with E-state index in [1.54, 1.807) is 31.4 Å². The number of hydrogen-bond acceptors (Lipinski definition) is 7. The van der Waals surface area contributed by atoms with E-state index in [2.05, 4.69) is 5.32 Å². The fourth-order valence-corrected chi connectivity index (χ4v) is 2.98. The van der Waals surface area contributed by atoms with E-state index in [1.807, 2.05) is 0 Å². The van der Waals surface area contributed by atoms with Gasteiger partial charge in [0, 0.05) is 23.6 Å². The molecule has 3 rings (SSSR count). The fourth-order valence-electron chi connectivity index (χ4n) is 2.98. The number of methoxy groups -OCH3 is 2. The molecule has 8 heteroatoms. The van der Waals surface area contributed by atoms with E-state index in [0.717, 1.165) is 5.56 Å². The Morgan fingerprint density at radius 2 is 1.87 bits per heavy atom. The smallest absolute Gasteiger partial charge is 0.311 e. The quantitative estimate of drug-likeness (QED) is 0.547. The molecule has 0 bridgehead atoms. The lowest BCUT2D eigenvalue weighted by atomic mass is 10.1. The number of benzene rings is 2. The molecule has 0 radical (unpaired) electrons. The summed E-state index contributed by atoms with van der Waals surface area (Å²) in [5, 5.41) is 12.9. The molecule has 1 amide bonds. The Hall–Kier alpha value is -3.68. The van der Waals surface area contributed by atoms with E-state index in [1.165, 1.54) is 32.4 Å². The second-order valence-corrected chi connectivity index (χ2v) is 6.66. The highest BCUT2D eigenvalue weighted by molar-refractivity contribution is 5.88. The van der Waals surface area contributed by atoms with Crippen LogP contribution in [0, 0.1) is 0 Å². The highest BCUT2D eigenvalue weighted by atomic mass is 16.5. The molecule has 0 spiro atoms. The Morgan fingerprint density at radius 1 is 1.10 bits per heavy atom. The summed E-state index contributed by atoms with van der Waals surface area (Å²) in [6.45, 7) is 1.75. The van der Waals surface area contributed by atoms with E-state index in [9.17, 15) is 14.7 Å². The lowest BCUT2D eigenvalue weighted by molar-refractivity contribution is -0.154. The average molecular weight is 413 g/mol. The molecule has 0 unspecified atom stereocenters. The largest absolute Gasteiger partial charge is 0.508 e. The van der Waals surface area contributed by atoms with Crippen LogP contribution in [0.5, 0.6) is 17.2 Å². The van der Waals surface area contributed by atoms with Crippen molar-refractivity contribution in [2.45, 2.75) is 26.0 Å². The van der Waals surface area contributed by atoms with Gasteiger partial charge in [-0.05, 0) is 36.8 Å². The van der Waals surface area contributed by atoms with Crippen LogP contribution in [-0.4, -0.2) is 37.3 Å². The van der Waals surface area contributed by atoms with Gasteiger partial charge in [-0.1, -0.05) is 6.07 Å². The average Bonchev–Trinajstić information content (AvgIpc) is 3.12. The third kappa shape index (κ3) is 4.83. The van der Waals surface area contributed by atoms with Crippen LogP contribution in [0.15, 0.2) is 47.1 Å². The number of esters is 1. The van der Waals surface area contributed by atoms with Crippen molar-refractivity contribution in [2.24, 2.45) is 0 Å². The van der Waals surface area contributed by atoms with E-state index >= 15 is 0 Å². The molecule has 1 heterocycles. The zero-order valence-corrected chi connectivity index (χ0v) is 16.9. The van der Waals surface area contributed by atoms with Crippen molar-refractivity contribution in [3.8, 4) is 17.2 Å². The monoisotopic (exact) mass is 413 g/mol. The minimum Gasteiger partial charge on any atom is -0.508 e. The summed E-state index contributed by atoms with van der Waals surface area (Å²) in [7, 11) is 3.08. The van der Waals surface area contributed by atoms with Crippen LogP contribution in [0.25, 0.3) is 11.0 Å². The first-order valence-corrected chi connectivity index (χ1v) is 9.28. The Labute approximate surface area is 173 Å². The van der Waals surface area contributed by atoms with Crippen LogP contribution in [-0.2, 0) is 27.3 Å². The summed E-state index contributed by atoms with van der Waals surface area (Å²) < 4.78 is 21.0. The summed E-state index contributed by atoms with van der Waals surface area (Å²) in [4.78, 5) is 24.5. The lowest BCUT2D eigenvalue weighted by Gasteiger charge is -2.14. The molecule has 158 valence electrons. The molecule has 2 aromatic carbocycles. The topological polar surface area (TPSA) is 107 Å². The third-order valence-corrected chi connectivity index (χ3v) is 4.57. The number of rotatable bonds is 8. The first-order valence-electron chi connectivity index (χ1n) is 9.28. The van der Waals surface area contributed by atoms with Crippen LogP contribution in [0.2, 0.25) is 0 Å². The highest BCUT2D eigenvalue weighted by Gasteiger charge is 2.19. The normalized spacial score (nSPS) is 11.7. The highest BCUT2D eigenvalue weighted by Crippen LogP contribution is 2.27. The minimum atomic E-state index is -0.958. The maximum absolute atomic E-state index is 12.3. The van der Waals surface area contributed by atoms with Gasteiger partial charge in [0.2, 0.25) is 0 Å². The molecule has 0 aliphatic carbocycles. The number of nitrogens with one attached hydrogen (secondary N) is 1. The first-order chi connectivity index (χ1) is 14.4. The third-order valence-electron chi connectivity index (χ3n) is 4.57. The molecule has 0 fully saturated rings. The molecule has 30 heavy (non-hydrogen) atoms. The van der Waals surface area contributed by atoms with Gasteiger partial charge in [0.05, 0.1) is 26.9 Å². The van der Waals surface area contributed by atoms with Crippen molar-refractivity contribution < 1.29 is 33.3 Å². The Bertz CT molecular complexity index is 1060. The van der Waals surface area contributed by atoms with Crippen LogP contribution in [0.4, 0.5) is 0 Å².